The van der Waals surface area contributed by atoms with E-state index in [9.17, 15) is 14.7 Å². The van der Waals surface area contributed by atoms with Crippen molar-refractivity contribution in [3.8, 4) is 0 Å². The van der Waals surface area contributed by atoms with E-state index in [1.807, 2.05) is 13.0 Å². The summed E-state index contributed by atoms with van der Waals surface area (Å²) in [5.41, 5.74) is 3.99. The van der Waals surface area contributed by atoms with Gasteiger partial charge < -0.3 is 30.4 Å². The molecule has 35 heavy (non-hydrogen) atoms. The summed E-state index contributed by atoms with van der Waals surface area (Å²) in [6, 6.07) is 3.33. The van der Waals surface area contributed by atoms with E-state index in [0.29, 0.717) is 22.6 Å². The number of hydrogen-bond acceptors (Lipinski definition) is 4. The third-order valence-electron chi connectivity index (χ3n) is 6.88. The van der Waals surface area contributed by atoms with E-state index in [1.54, 1.807) is 24.4 Å². The van der Waals surface area contributed by atoms with Crippen molar-refractivity contribution in [3.05, 3.63) is 73.4 Å². The normalized spacial score (nSPS) is 30.1. The van der Waals surface area contributed by atoms with Crippen LogP contribution in [-0.2, 0) is 9.53 Å². The minimum atomic E-state index is -0.910. The molecule has 1 N–H and O–H groups in total. The minimum Gasteiger partial charge on any atom is -0.668 e. The van der Waals surface area contributed by atoms with Gasteiger partial charge in [0.25, 0.3) is 0 Å². The first-order chi connectivity index (χ1) is 16.4. The Morgan fingerprint density at radius 1 is 1.26 bits per heavy atom. The number of nitrogens with zero attached hydrogens (tertiary/aromatic N) is 4. The molecule has 2 aliphatic heterocycles. The van der Waals surface area contributed by atoms with Crippen LogP contribution in [0.3, 0.4) is 0 Å². The van der Waals surface area contributed by atoms with Gasteiger partial charge in [-0.15, -0.1) is 40.2 Å². The molecule has 178 valence electrons. The van der Waals surface area contributed by atoms with Gasteiger partial charge in [-0.05, 0) is 18.9 Å². The summed E-state index contributed by atoms with van der Waals surface area (Å²) in [5, 5.41) is 21.9. The second-order valence-corrected chi connectivity index (χ2v) is 9.19. The van der Waals surface area contributed by atoms with Crippen molar-refractivity contribution in [2.45, 2.75) is 44.9 Å². The molecule has 3 unspecified atom stereocenters. The van der Waals surface area contributed by atoms with Crippen LogP contribution in [0.25, 0.3) is 28.9 Å². The zero-order valence-electron chi connectivity index (χ0n) is 20.0. The summed E-state index contributed by atoms with van der Waals surface area (Å²) in [5.74, 6) is -1.04. The Labute approximate surface area is 219 Å². The molecular formula is C26H26MgN4O4-2. The van der Waals surface area contributed by atoms with E-state index in [2.05, 4.69) is 23.3 Å². The van der Waals surface area contributed by atoms with Crippen LogP contribution < -0.4 is 20.7 Å². The Balaban J connectivity index is 0.00000289. The minimum absolute atomic E-state index is 0. The van der Waals surface area contributed by atoms with E-state index < -0.39 is 18.0 Å². The number of fused-ring (bicyclic) bond motifs is 7. The van der Waals surface area contributed by atoms with Gasteiger partial charge in [-0.2, -0.15) is 11.9 Å². The standard InChI is InChI=1S/C26H27N4O4.Mg/c1-13-6-17-9-20-15(12-31)8-16(28-20)4-5-27-21-11-23(32)25(26(33)34-3)24(21)22-7-14(2)19(30-22)10-18(13)29-17;/h4-6,8-10,12,14,19,22-23,25,32H,7,11H2,1-3H3,(H-,28,29,31);/q-3;+2/p-1/b5-4-,18-10+;/t14-,19?,22?,23?,25-;/m0./s1. The van der Waals surface area contributed by atoms with Crippen LogP contribution in [0, 0.1) is 18.8 Å². The number of rotatable bonds is 2. The second-order valence-electron chi connectivity index (χ2n) is 9.19. The van der Waals surface area contributed by atoms with Gasteiger partial charge in [0.2, 0.25) is 0 Å². The van der Waals surface area contributed by atoms with Gasteiger partial charge in [-0.25, -0.2) is 0 Å². The van der Waals surface area contributed by atoms with E-state index in [0.717, 1.165) is 34.5 Å². The van der Waals surface area contributed by atoms with Crippen molar-refractivity contribution in [2.24, 2.45) is 11.8 Å². The molecule has 2 aromatic heterocycles. The first kappa shape index (κ1) is 25.5. The van der Waals surface area contributed by atoms with Gasteiger partial charge in [-0.1, -0.05) is 54.7 Å². The van der Waals surface area contributed by atoms with E-state index in [-0.39, 0.29) is 47.5 Å². The van der Waals surface area contributed by atoms with Crippen LogP contribution in [0.1, 0.15) is 47.1 Å². The fourth-order valence-corrected chi connectivity index (χ4v) is 5.15. The van der Waals surface area contributed by atoms with Crippen molar-refractivity contribution < 1.29 is 19.4 Å². The second kappa shape index (κ2) is 10.2. The monoisotopic (exact) mass is 482 g/mol. The number of ether oxygens (including phenoxy) is 1. The van der Waals surface area contributed by atoms with Gasteiger partial charge >= 0.3 is 29.0 Å². The number of aldehydes is 1. The maximum atomic E-state index is 12.6. The summed E-state index contributed by atoms with van der Waals surface area (Å²) in [4.78, 5) is 33.5. The summed E-state index contributed by atoms with van der Waals surface area (Å²) in [7, 11) is 1.33. The van der Waals surface area contributed by atoms with E-state index in [1.165, 1.54) is 7.11 Å². The Bertz CT molecular complexity index is 1320. The molecule has 4 heterocycles. The molecule has 0 amide bonds. The summed E-state index contributed by atoms with van der Waals surface area (Å²) in [6.07, 6.45) is 8.02. The number of aliphatic hydroxyl groups excluding tert-OH is 1. The molecule has 6 bridgehead atoms. The summed E-state index contributed by atoms with van der Waals surface area (Å²) >= 11 is 0. The topological polar surface area (TPSA) is 120 Å². The first-order valence-electron chi connectivity index (χ1n) is 11.4. The Morgan fingerprint density at radius 2 is 2.06 bits per heavy atom. The molecule has 0 spiro atoms. The van der Waals surface area contributed by atoms with Crippen LogP contribution in [0.2, 0.25) is 0 Å². The fraction of sp³-hybridized carbons (Fsp3) is 0.385. The van der Waals surface area contributed by atoms with E-state index >= 15 is 0 Å². The number of carbonyl (C=O) groups excluding carboxylic acids is 2. The van der Waals surface area contributed by atoms with Gasteiger partial charge in [0, 0.05) is 0 Å². The number of hydrogen-bond donors (Lipinski definition) is 1. The largest absolute Gasteiger partial charge is 2.00 e. The van der Waals surface area contributed by atoms with Gasteiger partial charge in [-0.3, -0.25) is 9.59 Å². The number of methoxy groups -OCH3 is 1. The third-order valence-corrected chi connectivity index (χ3v) is 6.88. The van der Waals surface area contributed by atoms with Gasteiger partial charge in [0.1, 0.15) is 12.2 Å². The SMILES string of the molecule is COC(=O)[C@@H]1C2=C(CC1O)[N-]/C=C\c1cc(C=O)c([n-]1)/C=c1/cc(C)/c([n-]1)=C\C1[N-]C2C[C@@H]1C.[Mg+2]. The first-order valence-corrected chi connectivity index (χ1v) is 11.4. The molecule has 8 nitrogen and oxygen atoms in total. The average Bonchev–Trinajstić information content (AvgIpc) is 3.54. The van der Waals surface area contributed by atoms with E-state index in [4.69, 9.17) is 15.0 Å². The van der Waals surface area contributed by atoms with Crippen molar-refractivity contribution in [1.29, 1.82) is 0 Å². The van der Waals surface area contributed by atoms with Gasteiger partial charge in [0.15, 0.2) is 0 Å². The average molecular weight is 483 g/mol. The van der Waals surface area contributed by atoms with Crippen molar-refractivity contribution >= 4 is 53.5 Å². The molecule has 9 heteroatoms. The molecule has 5 atom stereocenters. The maximum Gasteiger partial charge on any atom is 2.00 e. The molecular weight excluding hydrogens is 457 g/mol. The Morgan fingerprint density at radius 3 is 2.80 bits per heavy atom. The van der Waals surface area contributed by atoms with Crippen LogP contribution >= 0.6 is 0 Å². The Kier molecular flexibility index (Phi) is 7.42. The molecule has 2 aromatic rings. The van der Waals surface area contributed by atoms with Crippen LogP contribution in [0.5, 0.6) is 0 Å². The molecule has 1 saturated heterocycles. The summed E-state index contributed by atoms with van der Waals surface area (Å²) < 4.78 is 5.01. The fourth-order valence-electron chi connectivity index (χ4n) is 5.15. The summed E-state index contributed by atoms with van der Waals surface area (Å²) in [6.45, 7) is 4.13. The maximum absolute atomic E-state index is 12.6. The molecule has 0 aromatic carbocycles. The molecule has 5 rings (SSSR count). The smallest absolute Gasteiger partial charge is 0.668 e. The number of esters is 1. The predicted octanol–water partition coefficient (Wildman–Crippen LogP) is 1.27. The molecule has 1 fully saturated rings. The van der Waals surface area contributed by atoms with Crippen LogP contribution in [0.4, 0.5) is 0 Å². The number of carbonyl (C=O) groups is 2. The van der Waals surface area contributed by atoms with Crippen LogP contribution in [0.15, 0.2) is 29.6 Å². The molecule has 1 aliphatic carbocycles. The number of aliphatic hydroxyl groups is 1. The molecule has 0 radical (unpaired) electrons. The number of aryl methyl sites for hydroxylation is 1. The van der Waals surface area contributed by atoms with Crippen molar-refractivity contribution in [2.75, 3.05) is 7.11 Å². The predicted molar refractivity (Wildman–Crippen MR) is 133 cm³/mol. The zero-order valence-corrected chi connectivity index (χ0v) is 21.4. The van der Waals surface area contributed by atoms with Crippen molar-refractivity contribution in [1.82, 2.24) is 9.97 Å². The Hall–Kier alpha value is -2.59. The number of aromatic nitrogens is 2. The third kappa shape index (κ3) is 4.78. The van der Waals surface area contributed by atoms with Gasteiger partial charge in [0.05, 0.1) is 13.2 Å². The quantitative estimate of drug-likeness (QED) is 0.391. The van der Waals surface area contributed by atoms with Crippen molar-refractivity contribution in [3.63, 3.8) is 0 Å². The molecule has 3 aliphatic rings. The zero-order chi connectivity index (χ0) is 24.0. The van der Waals surface area contributed by atoms with Crippen LogP contribution in [-0.4, -0.2) is 65.7 Å². The molecule has 0 saturated carbocycles.